The van der Waals surface area contributed by atoms with Crippen molar-refractivity contribution in [1.29, 1.82) is 0 Å². The lowest BCUT2D eigenvalue weighted by Gasteiger charge is -2.42. The van der Waals surface area contributed by atoms with Crippen LogP contribution in [-0.2, 0) is 0 Å². The van der Waals surface area contributed by atoms with E-state index in [0.717, 1.165) is 36.2 Å². The van der Waals surface area contributed by atoms with Crippen molar-refractivity contribution in [3.63, 3.8) is 0 Å². The van der Waals surface area contributed by atoms with Crippen molar-refractivity contribution in [2.75, 3.05) is 5.75 Å². The van der Waals surface area contributed by atoms with Gasteiger partial charge in [-0.25, -0.2) is 0 Å². The van der Waals surface area contributed by atoms with Crippen LogP contribution in [0.15, 0.2) is 47.1 Å². The second-order valence-corrected chi connectivity index (χ2v) is 11.8. The highest BCUT2D eigenvalue weighted by molar-refractivity contribution is 8.00. The SMILES string of the molecule is C=C1C(=CC=C2CCC[C@]3(C)C([C@@H](C)SCCC(C)(C)O)=CC[C@@H]23)C[C@@H](O)C[C@@H]1O. The molecule has 0 bridgehead atoms. The number of hydrogen-bond donors (Lipinski definition) is 3. The molecule has 30 heavy (non-hydrogen) atoms. The van der Waals surface area contributed by atoms with Crippen molar-refractivity contribution in [1.82, 2.24) is 0 Å². The second-order valence-electron chi connectivity index (χ2n) is 10.4. The quantitative estimate of drug-likeness (QED) is 0.497. The predicted octanol–water partition coefficient (Wildman–Crippen LogP) is 5.33. The molecule has 0 heterocycles. The highest BCUT2D eigenvalue weighted by Crippen LogP contribution is 2.56. The molecule has 0 spiro atoms. The summed E-state index contributed by atoms with van der Waals surface area (Å²) in [5.74, 6) is 1.52. The summed E-state index contributed by atoms with van der Waals surface area (Å²) in [4.78, 5) is 0. The molecule has 0 unspecified atom stereocenters. The van der Waals surface area contributed by atoms with Crippen LogP contribution in [0.4, 0.5) is 0 Å². The lowest BCUT2D eigenvalue weighted by molar-refractivity contribution is 0.0777. The van der Waals surface area contributed by atoms with Gasteiger partial charge in [0.15, 0.2) is 0 Å². The zero-order valence-electron chi connectivity index (χ0n) is 19.2. The first-order chi connectivity index (χ1) is 14.0. The van der Waals surface area contributed by atoms with Gasteiger partial charge in [0.05, 0.1) is 17.8 Å². The molecule has 0 saturated heterocycles. The van der Waals surface area contributed by atoms with Gasteiger partial charge < -0.3 is 15.3 Å². The molecule has 3 rings (SSSR count). The van der Waals surface area contributed by atoms with Crippen molar-refractivity contribution in [3.05, 3.63) is 47.1 Å². The van der Waals surface area contributed by atoms with Crippen LogP contribution in [0.3, 0.4) is 0 Å². The molecule has 5 atom stereocenters. The zero-order chi connectivity index (χ0) is 22.1. The average molecular weight is 433 g/mol. The van der Waals surface area contributed by atoms with Crippen molar-refractivity contribution >= 4 is 11.8 Å². The van der Waals surface area contributed by atoms with Gasteiger partial charge in [0.2, 0.25) is 0 Å². The van der Waals surface area contributed by atoms with E-state index in [-0.39, 0.29) is 5.41 Å². The third-order valence-corrected chi connectivity index (χ3v) is 8.59. The first-order valence-corrected chi connectivity index (χ1v) is 12.6. The van der Waals surface area contributed by atoms with Crippen LogP contribution in [0.25, 0.3) is 0 Å². The highest BCUT2D eigenvalue weighted by atomic mass is 32.2. The van der Waals surface area contributed by atoms with Gasteiger partial charge in [-0.1, -0.05) is 42.9 Å². The number of rotatable bonds is 6. The van der Waals surface area contributed by atoms with Crippen LogP contribution in [-0.4, -0.2) is 44.1 Å². The lowest BCUT2D eigenvalue weighted by Crippen LogP contribution is -2.33. The first-order valence-electron chi connectivity index (χ1n) is 11.5. The predicted molar refractivity (Wildman–Crippen MR) is 128 cm³/mol. The number of fused-ring (bicyclic) bond motifs is 1. The monoisotopic (exact) mass is 432 g/mol. The van der Waals surface area contributed by atoms with Gasteiger partial charge >= 0.3 is 0 Å². The Kier molecular flexibility index (Phi) is 7.44. The van der Waals surface area contributed by atoms with Crippen molar-refractivity contribution in [3.8, 4) is 0 Å². The Morgan fingerprint density at radius 3 is 2.77 bits per heavy atom. The maximum Gasteiger partial charge on any atom is 0.0811 e. The van der Waals surface area contributed by atoms with E-state index in [0.29, 0.717) is 24.0 Å². The van der Waals surface area contributed by atoms with Gasteiger partial charge in [0, 0.05) is 11.7 Å². The summed E-state index contributed by atoms with van der Waals surface area (Å²) in [5, 5.41) is 30.6. The number of allylic oxidation sites excluding steroid dienone is 4. The molecule has 3 N–H and O–H groups in total. The van der Waals surface area contributed by atoms with Crippen LogP contribution in [0, 0.1) is 11.3 Å². The molecule has 168 valence electrons. The Hall–Kier alpha value is -0.810. The molecule has 0 aromatic heterocycles. The summed E-state index contributed by atoms with van der Waals surface area (Å²) >= 11 is 1.97. The summed E-state index contributed by atoms with van der Waals surface area (Å²) < 4.78 is 0. The molecule has 0 aromatic carbocycles. The Morgan fingerprint density at radius 2 is 2.07 bits per heavy atom. The Labute approximate surface area is 187 Å². The second kappa shape index (κ2) is 9.36. The van der Waals surface area contributed by atoms with E-state index in [1.807, 2.05) is 25.6 Å². The van der Waals surface area contributed by atoms with E-state index in [1.165, 1.54) is 18.4 Å². The smallest absolute Gasteiger partial charge is 0.0811 e. The summed E-state index contributed by atoms with van der Waals surface area (Å²) in [7, 11) is 0. The normalized spacial score (nSPS) is 36.2. The van der Waals surface area contributed by atoms with Crippen molar-refractivity contribution < 1.29 is 15.3 Å². The molecular formula is C26H40O3S. The Morgan fingerprint density at radius 1 is 1.33 bits per heavy atom. The minimum Gasteiger partial charge on any atom is -0.393 e. The molecule has 0 aromatic rings. The van der Waals surface area contributed by atoms with Crippen molar-refractivity contribution in [2.45, 2.75) is 95.7 Å². The number of hydrogen-bond acceptors (Lipinski definition) is 4. The molecule has 0 aliphatic heterocycles. The largest absolute Gasteiger partial charge is 0.393 e. The number of aliphatic hydroxyl groups is 3. The summed E-state index contributed by atoms with van der Waals surface area (Å²) in [6.45, 7) is 12.6. The van der Waals surface area contributed by atoms with Crippen LogP contribution in [0.5, 0.6) is 0 Å². The highest BCUT2D eigenvalue weighted by Gasteiger charge is 2.46. The Bertz CT molecular complexity index is 742. The molecule has 4 heteroatoms. The fourth-order valence-electron chi connectivity index (χ4n) is 5.52. The molecule has 0 radical (unpaired) electrons. The third-order valence-electron chi connectivity index (χ3n) is 7.40. The van der Waals surface area contributed by atoms with Gasteiger partial charge in [0.25, 0.3) is 0 Å². The average Bonchev–Trinajstić information content (AvgIpc) is 3.00. The standard InChI is InChI=1S/C26H40O3S/c1-17-20(15-21(27)16-24(17)28)9-8-19-7-6-12-26(5)22(10-11-23(19)26)18(2)30-14-13-25(3,4)29/h8-10,18,21,23-24,27-29H,1,6-7,11-16H2,2-5H3/t18-,21-,23+,24+,26-/m1/s1. The minimum absolute atomic E-state index is 0.215. The van der Waals surface area contributed by atoms with E-state index >= 15 is 0 Å². The van der Waals surface area contributed by atoms with Gasteiger partial charge in [-0.15, -0.1) is 0 Å². The zero-order valence-corrected chi connectivity index (χ0v) is 20.0. The lowest BCUT2D eigenvalue weighted by atomic mass is 9.64. The van der Waals surface area contributed by atoms with Crippen LogP contribution in [0.1, 0.15) is 72.6 Å². The van der Waals surface area contributed by atoms with Gasteiger partial charge in [-0.2, -0.15) is 11.8 Å². The topological polar surface area (TPSA) is 60.7 Å². The number of thioether (sulfide) groups is 1. The number of aliphatic hydroxyl groups excluding tert-OH is 2. The third kappa shape index (κ3) is 5.32. The fourth-order valence-corrected chi connectivity index (χ4v) is 7.04. The van der Waals surface area contributed by atoms with E-state index in [2.05, 4.69) is 38.7 Å². The fraction of sp³-hybridized carbons (Fsp3) is 0.692. The summed E-state index contributed by atoms with van der Waals surface area (Å²) in [6, 6.07) is 0. The molecule has 3 aliphatic carbocycles. The van der Waals surface area contributed by atoms with Gasteiger partial charge in [-0.05, 0) is 87.5 Å². The molecule has 3 nitrogen and oxygen atoms in total. The van der Waals surface area contributed by atoms with E-state index in [4.69, 9.17) is 0 Å². The molecule has 2 saturated carbocycles. The minimum atomic E-state index is -0.628. The molecule has 3 aliphatic rings. The molecule has 2 fully saturated rings. The van der Waals surface area contributed by atoms with Gasteiger partial charge in [-0.3, -0.25) is 0 Å². The maximum atomic E-state index is 10.1. The summed E-state index contributed by atoms with van der Waals surface area (Å²) in [6.07, 6.45) is 12.2. The van der Waals surface area contributed by atoms with E-state index in [1.54, 1.807) is 5.57 Å². The van der Waals surface area contributed by atoms with Crippen LogP contribution in [0.2, 0.25) is 0 Å². The van der Waals surface area contributed by atoms with Crippen molar-refractivity contribution in [2.24, 2.45) is 11.3 Å². The van der Waals surface area contributed by atoms with Crippen LogP contribution >= 0.6 is 11.8 Å². The Balaban J connectivity index is 1.71. The summed E-state index contributed by atoms with van der Waals surface area (Å²) in [5.41, 5.74) is 4.45. The van der Waals surface area contributed by atoms with E-state index < -0.39 is 17.8 Å². The first kappa shape index (κ1) is 23.8. The molecule has 0 amide bonds. The molecular weight excluding hydrogens is 392 g/mol. The van der Waals surface area contributed by atoms with Gasteiger partial charge in [0.1, 0.15) is 0 Å². The maximum absolute atomic E-state index is 10.1. The van der Waals surface area contributed by atoms with E-state index in [9.17, 15) is 15.3 Å². The van der Waals surface area contributed by atoms with Crippen LogP contribution < -0.4 is 0 Å².